The van der Waals surface area contributed by atoms with Crippen molar-refractivity contribution >= 4 is 11.6 Å². The van der Waals surface area contributed by atoms with E-state index in [2.05, 4.69) is 9.97 Å². The van der Waals surface area contributed by atoms with Crippen molar-refractivity contribution in [3.63, 3.8) is 0 Å². The van der Waals surface area contributed by atoms with E-state index in [0.29, 0.717) is 25.5 Å². The first-order chi connectivity index (χ1) is 7.48. The molecule has 0 aliphatic carbocycles. The molecule has 1 atom stereocenters. The van der Waals surface area contributed by atoms with Gasteiger partial charge in [-0.15, -0.1) is 0 Å². The second kappa shape index (κ2) is 3.67. The number of rotatable bonds is 2. The van der Waals surface area contributed by atoms with E-state index < -0.39 is 10.5 Å². The van der Waals surface area contributed by atoms with E-state index in [-0.39, 0.29) is 5.69 Å². The summed E-state index contributed by atoms with van der Waals surface area (Å²) in [5, 5.41) is 20.2. The Morgan fingerprint density at radius 3 is 2.62 bits per heavy atom. The second-order valence-electron chi connectivity index (χ2n) is 4.17. The number of β-amino-alcohol motifs (C(OH)–C–C–N with tert-alkyl or cyclic N) is 1. The van der Waals surface area contributed by atoms with Gasteiger partial charge in [0.1, 0.15) is 12.4 Å². The second-order valence-corrected chi connectivity index (χ2v) is 4.17. The molecule has 1 aromatic heterocycles. The van der Waals surface area contributed by atoms with Gasteiger partial charge in [0.15, 0.2) is 0 Å². The molecule has 0 aromatic carbocycles. The maximum absolute atomic E-state index is 10.4. The van der Waals surface area contributed by atoms with Crippen LogP contribution in [-0.4, -0.2) is 38.7 Å². The number of nitrogens with zero attached hydrogens (tertiary/aromatic N) is 4. The molecule has 1 N–H and O–H groups in total. The van der Waals surface area contributed by atoms with E-state index in [1.165, 1.54) is 12.4 Å². The lowest BCUT2D eigenvalue weighted by Crippen LogP contribution is -2.30. The summed E-state index contributed by atoms with van der Waals surface area (Å²) in [6.07, 6.45) is 3.00. The maximum atomic E-state index is 10.4. The molecule has 2 heterocycles. The fourth-order valence-electron chi connectivity index (χ4n) is 1.69. The van der Waals surface area contributed by atoms with Crippen molar-refractivity contribution in [2.24, 2.45) is 0 Å². The van der Waals surface area contributed by atoms with Gasteiger partial charge in [-0.1, -0.05) is 0 Å². The topological polar surface area (TPSA) is 92.4 Å². The van der Waals surface area contributed by atoms with Crippen LogP contribution in [0.4, 0.5) is 11.6 Å². The smallest absolute Gasteiger partial charge is 0.305 e. The SMILES string of the molecule is CC1(O)CCN(c2ncc([N+](=O)[O-])cn2)C1. The molecular formula is C9H12N4O3. The summed E-state index contributed by atoms with van der Waals surface area (Å²) in [4.78, 5) is 19.5. The predicted octanol–water partition coefficient (Wildman–Crippen LogP) is 0.346. The molecule has 0 amide bonds. The number of nitro groups is 1. The van der Waals surface area contributed by atoms with Gasteiger partial charge in [-0.05, 0) is 13.3 Å². The van der Waals surface area contributed by atoms with Crippen LogP contribution in [0.5, 0.6) is 0 Å². The van der Waals surface area contributed by atoms with Crippen molar-refractivity contribution < 1.29 is 10.0 Å². The third kappa shape index (κ3) is 2.08. The first kappa shape index (κ1) is 10.7. The molecule has 86 valence electrons. The minimum Gasteiger partial charge on any atom is -0.388 e. The van der Waals surface area contributed by atoms with Gasteiger partial charge in [0.2, 0.25) is 5.95 Å². The molecule has 7 heteroatoms. The minimum absolute atomic E-state index is 0.130. The van der Waals surface area contributed by atoms with Crippen LogP contribution >= 0.6 is 0 Å². The molecule has 1 unspecified atom stereocenters. The van der Waals surface area contributed by atoms with Gasteiger partial charge in [0.25, 0.3) is 0 Å². The first-order valence-electron chi connectivity index (χ1n) is 4.92. The van der Waals surface area contributed by atoms with Crippen LogP contribution in [-0.2, 0) is 0 Å². The van der Waals surface area contributed by atoms with Crippen molar-refractivity contribution in [2.45, 2.75) is 18.9 Å². The predicted molar refractivity (Wildman–Crippen MR) is 56.1 cm³/mol. The summed E-state index contributed by atoms with van der Waals surface area (Å²) in [6.45, 7) is 2.86. The zero-order valence-corrected chi connectivity index (χ0v) is 8.83. The molecule has 1 fully saturated rings. The van der Waals surface area contributed by atoms with E-state index in [1.54, 1.807) is 6.92 Å². The van der Waals surface area contributed by atoms with Crippen LogP contribution in [0.25, 0.3) is 0 Å². The van der Waals surface area contributed by atoms with Gasteiger partial charge in [-0.3, -0.25) is 10.1 Å². The molecular weight excluding hydrogens is 212 g/mol. The molecule has 0 saturated carbocycles. The highest BCUT2D eigenvalue weighted by Crippen LogP contribution is 2.23. The molecule has 1 aliphatic heterocycles. The molecule has 0 radical (unpaired) electrons. The number of aliphatic hydroxyl groups is 1. The molecule has 0 spiro atoms. The summed E-state index contributed by atoms with van der Waals surface area (Å²) >= 11 is 0. The fourth-order valence-corrected chi connectivity index (χ4v) is 1.69. The lowest BCUT2D eigenvalue weighted by atomic mass is 10.1. The molecule has 0 bridgehead atoms. The third-order valence-electron chi connectivity index (χ3n) is 2.57. The summed E-state index contributed by atoms with van der Waals surface area (Å²) in [7, 11) is 0. The summed E-state index contributed by atoms with van der Waals surface area (Å²) in [5.74, 6) is 0.420. The normalized spacial score (nSPS) is 24.8. The summed E-state index contributed by atoms with van der Waals surface area (Å²) in [5.41, 5.74) is -0.861. The van der Waals surface area contributed by atoms with Gasteiger partial charge < -0.3 is 10.0 Å². The summed E-state index contributed by atoms with van der Waals surface area (Å²) < 4.78 is 0. The standard InChI is InChI=1S/C9H12N4O3/c1-9(14)2-3-12(6-9)8-10-4-7(5-11-8)13(15)16/h4-5,14H,2-3,6H2,1H3. The highest BCUT2D eigenvalue weighted by molar-refractivity contribution is 5.36. The van der Waals surface area contributed by atoms with Gasteiger partial charge in [-0.2, -0.15) is 0 Å². The monoisotopic (exact) mass is 224 g/mol. The van der Waals surface area contributed by atoms with Crippen LogP contribution in [0.3, 0.4) is 0 Å². The van der Waals surface area contributed by atoms with Gasteiger partial charge in [-0.25, -0.2) is 9.97 Å². The first-order valence-corrected chi connectivity index (χ1v) is 4.92. The Morgan fingerprint density at radius 1 is 1.56 bits per heavy atom. The number of anilines is 1. The molecule has 1 saturated heterocycles. The number of hydrogen-bond donors (Lipinski definition) is 1. The maximum Gasteiger partial charge on any atom is 0.305 e. The lowest BCUT2D eigenvalue weighted by molar-refractivity contribution is -0.385. The van der Waals surface area contributed by atoms with E-state index in [0.717, 1.165) is 0 Å². The number of hydrogen-bond acceptors (Lipinski definition) is 6. The average molecular weight is 224 g/mol. The molecule has 1 aliphatic rings. The summed E-state index contributed by atoms with van der Waals surface area (Å²) in [6, 6.07) is 0. The lowest BCUT2D eigenvalue weighted by Gasteiger charge is -2.18. The van der Waals surface area contributed by atoms with Crippen molar-refractivity contribution in [1.82, 2.24) is 9.97 Å². The van der Waals surface area contributed by atoms with Gasteiger partial charge >= 0.3 is 5.69 Å². The van der Waals surface area contributed by atoms with Crippen molar-refractivity contribution in [3.05, 3.63) is 22.5 Å². The average Bonchev–Trinajstić information content (AvgIpc) is 2.59. The Balaban J connectivity index is 2.14. The van der Waals surface area contributed by atoms with Crippen molar-refractivity contribution in [1.29, 1.82) is 0 Å². The van der Waals surface area contributed by atoms with Crippen LogP contribution in [0.15, 0.2) is 12.4 Å². The van der Waals surface area contributed by atoms with Crippen LogP contribution in [0, 0.1) is 10.1 Å². The van der Waals surface area contributed by atoms with E-state index in [9.17, 15) is 15.2 Å². The highest BCUT2D eigenvalue weighted by atomic mass is 16.6. The van der Waals surface area contributed by atoms with Crippen LogP contribution in [0.2, 0.25) is 0 Å². The highest BCUT2D eigenvalue weighted by Gasteiger charge is 2.32. The van der Waals surface area contributed by atoms with E-state index in [4.69, 9.17) is 0 Å². The third-order valence-corrected chi connectivity index (χ3v) is 2.57. The van der Waals surface area contributed by atoms with Gasteiger partial charge in [0.05, 0.1) is 10.5 Å². The molecule has 1 aromatic rings. The zero-order valence-electron chi connectivity index (χ0n) is 8.83. The molecule has 7 nitrogen and oxygen atoms in total. The van der Waals surface area contributed by atoms with Crippen LogP contribution < -0.4 is 4.90 Å². The van der Waals surface area contributed by atoms with Gasteiger partial charge in [0, 0.05) is 13.1 Å². The van der Waals surface area contributed by atoms with Crippen molar-refractivity contribution in [3.8, 4) is 0 Å². The zero-order chi connectivity index (χ0) is 11.8. The Kier molecular flexibility index (Phi) is 2.47. The Labute approximate surface area is 91.9 Å². The van der Waals surface area contributed by atoms with E-state index >= 15 is 0 Å². The van der Waals surface area contributed by atoms with Crippen LogP contribution in [0.1, 0.15) is 13.3 Å². The number of aromatic nitrogens is 2. The molecule has 16 heavy (non-hydrogen) atoms. The quantitative estimate of drug-likeness (QED) is 0.575. The largest absolute Gasteiger partial charge is 0.388 e. The Hall–Kier alpha value is -1.76. The Bertz CT molecular complexity index is 404. The van der Waals surface area contributed by atoms with Crippen molar-refractivity contribution in [2.75, 3.05) is 18.0 Å². The molecule has 2 rings (SSSR count). The fraction of sp³-hybridized carbons (Fsp3) is 0.556. The van der Waals surface area contributed by atoms with E-state index in [1.807, 2.05) is 4.90 Å². The minimum atomic E-state index is -0.731. The Morgan fingerprint density at radius 2 is 2.19 bits per heavy atom.